The van der Waals surface area contributed by atoms with E-state index in [-0.39, 0.29) is 4.34 Å². The van der Waals surface area contributed by atoms with E-state index >= 15 is 0 Å². The van der Waals surface area contributed by atoms with Gasteiger partial charge in [-0.1, -0.05) is 13.8 Å². The lowest BCUT2D eigenvalue weighted by atomic mass is 10.3. The Balaban J connectivity index is 0.000000861. The summed E-state index contributed by atoms with van der Waals surface area (Å²) in [5.41, 5.74) is 7.16. The molecule has 0 aromatic carbocycles. The molecule has 0 unspecified atom stereocenters. The van der Waals surface area contributed by atoms with Crippen LogP contribution in [0, 0.1) is 6.92 Å². The summed E-state index contributed by atoms with van der Waals surface area (Å²) in [7, 11) is -3.27. The van der Waals surface area contributed by atoms with Crippen LogP contribution >= 0.6 is 11.3 Å². The van der Waals surface area contributed by atoms with Gasteiger partial charge in [0.05, 0.1) is 11.9 Å². The maximum Gasteiger partial charge on any atom is 0.209 e. The average Bonchev–Trinajstić information content (AvgIpc) is 2.84. The van der Waals surface area contributed by atoms with E-state index in [9.17, 15) is 8.42 Å². The summed E-state index contributed by atoms with van der Waals surface area (Å²) < 4.78 is 22.7. The SMILES string of the molecule is CC.Cc1nc(-c2csc(S(C)(=O)=O)n2)cnc1N. The molecule has 2 aromatic rings. The minimum atomic E-state index is -3.27. The molecule has 6 nitrogen and oxygen atoms in total. The Morgan fingerprint density at radius 1 is 1.21 bits per heavy atom. The Bertz CT molecular complexity index is 665. The van der Waals surface area contributed by atoms with Crippen LogP contribution in [0.2, 0.25) is 0 Å². The highest BCUT2D eigenvalue weighted by atomic mass is 32.2. The zero-order valence-electron chi connectivity index (χ0n) is 11.2. The molecular formula is C11H16N4O2S2. The number of anilines is 1. The Morgan fingerprint density at radius 2 is 1.84 bits per heavy atom. The third kappa shape index (κ3) is 3.71. The van der Waals surface area contributed by atoms with E-state index in [1.54, 1.807) is 12.3 Å². The first kappa shape index (κ1) is 15.5. The summed E-state index contributed by atoms with van der Waals surface area (Å²) in [5.74, 6) is 0.354. The summed E-state index contributed by atoms with van der Waals surface area (Å²) in [6, 6.07) is 0. The zero-order valence-corrected chi connectivity index (χ0v) is 12.8. The number of aromatic nitrogens is 3. The lowest BCUT2D eigenvalue weighted by Gasteiger charge is -2.00. The summed E-state index contributed by atoms with van der Waals surface area (Å²) >= 11 is 1.06. The highest BCUT2D eigenvalue weighted by Gasteiger charge is 2.14. The van der Waals surface area contributed by atoms with Crippen molar-refractivity contribution in [2.24, 2.45) is 0 Å². The van der Waals surface area contributed by atoms with Crippen molar-refractivity contribution < 1.29 is 8.42 Å². The van der Waals surface area contributed by atoms with Crippen LogP contribution in [0.4, 0.5) is 5.82 Å². The van der Waals surface area contributed by atoms with Gasteiger partial charge in [0.15, 0.2) is 0 Å². The molecule has 0 radical (unpaired) electrons. The number of thiazole rings is 1. The topological polar surface area (TPSA) is 98.8 Å². The molecule has 0 fully saturated rings. The molecule has 0 aliphatic rings. The largest absolute Gasteiger partial charge is 0.382 e. The standard InChI is InChI=1S/C9H10N4O2S2.C2H6/c1-5-8(10)11-3-6(12-5)7-4-16-9(13-7)17(2,14)15;1-2/h3-4H,1-2H3,(H2,10,11);1-2H3. The van der Waals surface area contributed by atoms with Gasteiger partial charge in [0.25, 0.3) is 0 Å². The molecule has 0 saturated heterocycles. The maximum atomic E-state index is 11.3. The Labute approximate surface area is 116 Å². The van der Waals surface area contributed by atoms with Gasteiger partial charge >= 0.3 is 0 Å². The number of nitrogen functional groups attached to an aromatic ring is 1. The second-order valence-electron chi connectivity index (χ2n) is 3.50. The van der Waals surface area contributed by atoms with E-state index in [0.29, 0.717) is 22.9 Å². The van der Waals surface area contributed by atoms with E-state index in [1.165, 1.54) is 6.20 Å². The van der Waals surface area contributed by atoms with Crippen LogP contribution in [-0.2, 0) is 9.84 Å². The lowest BCUT2D eigenvalue weighted by molar-refractivity contribution is 0.601. The fourth-order valence-electron chi connectivity index (χ4n) is 1.16. The molecule has 2 heterocycles. The molecule has 0 aliphatic heterocycles. The molecule has 0 saturated carbocycles. The van der Waals surface area contributed by atoms with E-state index in [2.05, 4.69) is 15.0 Å². The van der Waals surface area contributed by atoms with Crippen LogP contribution in [0.15, 0.2) is 15.9 Å². The molecule has 0 aliphatic carbocycles. The van der Waals surface area contributed by atoms with Crippen molar-refractivity contribution in [2.45, 2.75) is 25.1 Å². The van der Waals surface area contributed by atoms with Gasteiger partial charge in [-0.25, -0.2) is 23.4 Å². The predicted octanol–water partition coefficient (Wildman–Crippen LogP) is 1.92. The highest BCUT2D eigenvalue weighted by molar-refractivity contribution is 7.92. The van der Waals surface area contributed by atoms with E-state index in [1.807, 2.05) is 13.8 Å². The summed E-state index contributed by atoms with van der Waals surface area (Å²) in [6.07, 6.45) is 2.60. The molecule has 0 spiro atoms. The highest BCUT2D eigenvalue weighted by Crippen LogP contribution is 2.23. The van der Waals surface area contributed by atoms with Gasteiger partial charge in [0.2, 0.25) is 14.2 Å². The number of sulfone groups is 1. The molecule has 2 N–H and O–H groups in total. The van der Waals surface area contributed by atoms with Crippen LogP contribution < -0.4 is 5.73 Å². The van der Waals surface area contributed by atoms with Crippen LogP contribution in [-0.4, -0.2) is 29.6 Å². The first-order valence-electron chi connectivity index (χ1n) is 5.63. The van der Waals surface area contributed by atoms with Gasteiger partial charge in [-0.05, 0) is 6.92 Å². The minimum Gasteiger partial charge on any atom is -0.382 e. The zero-order chi connectivity index (χ0) is 14.6. The number of aryl methyl sites for hydroxylation is 1. The van der Waals surface area contributed by atoms with Crippen LogP contribution in [0.25, 0.3) is 11.4 Å². The number of nitrogens with two attached hydrogens (primary N) is 1. The Kier molecular flexibility index (Phi) is 4.96. The first-order chi connectivity index (χ1) is 8.88. The summed E-state index contributed by atoms with van der Waals surface area (Å²) in [6.45, 7) is 5.73. The molecule has 104 valence electrons. The average molecular weight is 300 g/mol. The summed E-state index contributed by atoms with van der Waals surface area (Å²) in [5, 5.41) is 1.63. The molecular weight excluding hydrogens is 284 g/mol. The second kappa shape index (κ2) is 6.07. The van der Waals surface area contributed by atoms with Gasteiger partial charge in [-0.3, -0.25) is 0 Å². The van der Waals surface area contributed by atoms with Crippen molar-refractivity contribution in [2.75, 3.05) is 12.0 Å². The third-order valence-electron chi connectivity index (χ3n) is 2.05. The molecule has 2 aromatic heterocycles. The third-order valence-corrected chi connectivity index (χ3v) is 4.60. The van der Waals surface area contributed by atoms with Gasteiger partial charge in [0.1, 0.15) is 17.2 Å². The van der Waals surface area contributed by atoms with Crippen molar-refractivity contribution in [3.63, 3.8) is 0 Å². The Morgan fingerprint density at radius 3 is 2.32 bits per heavy atom. The molecule has 0 atom stereocenters. The molecule has 0 bridgehead atoms. The van der Waals surface area contributed by atoms with Crippen molar-refractivity contribution in [3.8, 4) is 11.4 Å². The lowest BCUT2D eigenvalue weighted by Crippen LogP contribution is -1.99. The number of hydrogen-bond acceptors (Lipinski definition) is 7. The fraction of sp³-hybridized carbons (Fsp3) is 0.364. The van der Waals surface area contributed by atoms with Crippen molar-refractivity contribution in [1.82, 2.24) is 15.0 Å². The van der Waals surface area contributed by atoms with E-state index < -0.39 is 9.84 Å². The predicted molar refractivity (Wildman–Crippen MR) is 76.7 cm³/mol. The van der Waals surface area contributed by atoms with Crippen molar-refractivity contribution >= 4 is 27.0 Å². The second-order valence-corrected chi connectivity index (χ2v) is 6.54. The first-order valence-corrected chi connectivity index (χ1v) is 8.40. The van der Waals surface area contributed by atoms with E-state index in [4.69, 9.17) is 5.73 Å². The van der Waals surface area contributed by atoms with Crippen LogP contribution in [0.5, 0.6) is 0 Å². The number of rotatable bonds is 2. The fourth-order valence-corrected chi connectivity index (χ4v) is 2.80. The molecule has 8 heteroatoms. The molecule has 0 amide bonds. The van der Waals surface area contributed by atoms with Crippen molar-refractivity contribution in [3.05, 3.63) is 17.3 Å². The van der Waals surface area contributed by atoms with Crippen LogP contribution in [0.3, 0.4) is 0 Å². The van der Waals surface area contributed by atoms with E-state index in [0.717, 1.165) is 17.6 Å². The van der Waals surface area contributed by atoms with Gasteiger partial charge in [0, 0.05) is 11.6 Å². The van der Waals surface area contributed by atoms with Gasteiger partial charge in [-0.2, -0.15) is 0 Å². The van der Waals surface area contributed by atoms with Gasteiger partial charge in [-0.15, -0.1) is 11.3 Å². The van der Waals surface area contributed by atoms with Crippen LogP contribution in [0.1, 0.15) is 19.5 Å². The smallest absolute Gasteiger partial charge is 0.209 e. The maximum absolute atomic E-state index is 11.3. The van der Waals surface area contributed by atoms with Crippen molar-refractivity contribution in [1.29, 1.82) is 0 Å². The quantitative estimate of drug-likeness (QED) is 0.909. The number of nitrogens with zero attached hydrogens (tertiary/aromatic N) is 3. The monoisotopic (exact) mass is 300 g/mol. The minimum absolute atomic E-state index is 0.0729. The Hall–Kier alpha value is -1.54. The summed E-state index contributed by atoms with van der Waals surface area (Å²) in [4.78, 5) is 12.2. The van der Waals surface area contributed by atoms with Gasteiger partial charge < -0.3 is 5.73 Å². The number of hydrogen-bond donors (Lipinski definition) is 1. The molecule has 2 rings (SSSR count). The molecule has 19 heavy (non-hydrogen) atoms. The normalized spacial score (nSPS) is 10.7.